The van der Waals surface area contributed by atoms with Crippen molar-refractivity contribution in [2.24, 2.45) is 0 Å². The normalized spacial score (nSPS) is 11.7. The Kier molecular flexibility index (Phi) is 8.07. The molecule has 0 bridgehead atoms. The molecule has 0 aliphatic carbocycles. The lowest BCUT2D eigenvalue weighted by atomic mass is 10.0. The fraction of sp³-hybridized carbons (Fsp3) is 0.156. The first-order valence-electron chi connectivity index (χ1n) is 13.1. The number of carbonyl (C=O) groups is 1. The summed E-state index contributed by atoms with van der Waals surface area (Å²) in [5, 5.41) is 6.11. The maximum Gasteiger partial charge on any atom is 0.255 e. The third-order valence-corrected chi connectivity index (χ3v) is 8.00. The van der Waals surface area contributed by atoms with E-state index in [2.05, 4.69) is 64.4 Å². The summed E-state index contributed by atoms with van der Waals surface area (Å²) in [6.07, 6.45) is 5.22. The van der Waals surface area contributed by atoms with Gasteiger partial charge in [0.1, 0.15) is 11.6 Å². The highest BCUT2D eigenvalue weighted by atomic mass is 32.1. The molecule has 0 fully saturated rings. The Morgan fingerprint density at radius 1 is 1.07 bits per heavy atom. The number of benzene rings is 2. The van der Waals surface area contributed by atoms with Gasteiger partial charge in [-0.15, -0.1) is 11.3 Å². The lowest BCUT2D eigenvalue weighted by Gasteiger charge is -2.16. The first-order chi connectivity index (χ1) is 19.7. The lowest BCUT2D eigenvalue weighted by Crippen LogP contribution is -2.27. The molecular formula is C32H29F2N5OS. The van der Waals surface area contributed by atoms with E-state index in [-0.39, 0.29) is 5.91 Å². The van der Waals surface area contributed by atoms with Crippen molar-refractivity contribution in [2.75, 3.05) is 5.32 Å². The summed E-state index contributed by atoms with van der Waals surface area (Å²) in [6.45, 7) is 10.2. The van der Waals surface area contributed by atoms with Crippen LogP contribution in [0.3, 0.4) is 0 Å². The van der Waals surface area contributed by atoms with Gasteiger partial charge in [-0.3, -0.25) is 4.79 Å². The molecule has 0 unspecified atom stereocenters. The molecule has 6 nitrogen and oxygen atoms in total. The van der Waals surface area contributed by atoms with Crippen LogP contribution in [0.15, 0.2) is 79.6 Å². The molecule has 0 saturated carbocycles. The molecule has 0 spiro atoms. The molecule has 0 radical (unpaired) electrons. The number of nitrogens with zero attached hydrogens (tertiary/aromatic N) is 3. The molecule has 0 aliphatic heterocycles. The summed E-state index contributed by atoms with van der Waals surface area (Å²) < 4.78 is 29.0. The van der Waals surface area contributed by atoms with Gasteiger partial charge in [-0.05, 0) is 79.9 Å². The van der Waals surface area contributed by atoms with E-state index in [9.17, 15) is 13.6 Å². The fourth-order valence-corrected chi connectivity index (χ4v) is 5.50. The molecule has 2 aromatic carbocycles. The smallest absolute Gasteiger partial charge is 0.255 e. The predicted molar refractivity (Wildman–Crippen MR) is 161 cm³/mol. The summed E-state index contributed by atoms with van der Waals surface area (Å²) in [4.78, 5) is 24.2. The Morgan fingerprint density at radius 3 is 2.68 bits per heavy atom. The summed E-state index contributed by atoms with van der Waals surface area (Å²) >= 11 is 1.65. The predicted octanol–water partition coefficient (Wildman–Crippen LogP) is 7.77. The van der Waals surface area contributed by atoms with Crippen LogP contribution in [0, 0.1) is 25.5 Å². The zero-order valence-electron chi connectivity index (χ0n) is 22.9. The topological polar surface area (TPSA) is 71.8 Å². The first kappa shape index (κ1) is 27.9. The van der Waals surface area contributed by atoms with Gasteiger partial charge in [-0.2, -0.15) is 0 Å². The van der Waals surface area contributed by atoms with Gasteiger partial charge in [-0.1, -0.05) is 24.8 Å². The minimum Gasteiger partial charge on any atom is -0.365 e. The van der Waals surface area contributed by atoms with Gasteiger partial charge >= 0.3 is 0 Å². The van der Waals surface area contributed by atoms with Gasteiger partial charge < -0.3 is 15.2 Å². The maximum absolute atomic E-state index is 13.7. The van der Waals surface area contributed by atoms with Crippen LogP contribution in [0.1, 0.15) is 45.0 Å². The first-order valence-corrected chi connectivity index (χ1v) is 13.9. The number of amides is 1. The second-order valence-corrected chi connectivity index (χ2v) is 10.9. The van der Waals surface area contributed by atoms with E-state index >= 15 is 0 Å². The highest BCUT2D eigenvalue weighted by molar-refractivity contribution is 7.15. The minimum atomic E-state index is -0.956. The maximum atomic E-state index is 13.7. The number of rotatable bonds is 9. The number of carbonyl (C=O) groups excluding carboxylic acids is 1. The minimum absolute atomic E-state index is 0.356. The van der Waals surface area contributed by atoms with E-state index in [1.807, 2.05) is 17.7 Å². The third-order valence-electron chi connectivity index (χ3n) is 6.86. The second kappa shape index (κ2) is 11.9. The fourth-order valence-electron chi connectivity index (χ4n) is 4.56. The van der Waals surface area contributed by atoms with Crippen molar-refractivity contribution >= 4 is 29.3 Å². The van der Waals surface area contributed by atoms with E-state index in [0.29, 0.717) is 23.5 Å². The van der Waals surface area contributed by atoms with E-state index in [4.69, 9.17) is 0 Å². The number of imidazole rings is 1. The van der Waals surface area contributed by atoms with Crippen molar-refractivity contribution in [3.8, 4) is 21.8 Å². The average Bonchev–Trinajstić information content (AvgIpc) is 3.60. The number of thiophene rings is 1. The Morgan fingerprint density at radius 2 is 1.90 bits per heavy atom. The number of aromatic nitrogens is 3. The monoisotopic (exact) mass is 569 g/mol. The van der Waals surface area contributed by atoms with Crippen LogP contribution in [0.5, 0.6) is 0 Å². The van der Waals surface area contributed by atoms with Crippen LogP contribution in [0.4, 0.5) is 14.6 Å². The number of aryl methyl sites for hydroxylation is 2. The van der Waals surface area contributed by atoms with E-state index in [1.54, 1.807) is 42.8 Å². The van der Waals surface area contributed by atoms with E-state index in [1.165, 1.54) is 6.07 Å². The van der Waals surface area contributed by atoms with Gasteiger partial charge in [0.25, 0.3) is 5.91 Å². The Hall–Kier alpha value is -4.63. The van der Waals surface area contributed by atoms with Crippen molar-refractivity contribution in [1.82, 2.24) is 19.9 Å². The van der Waals surface area contributed by atoms with Gasteiger partial charge in [0.2, 0.25) is 0 Å². The molecule has 9 heteroatoms. The van der Waals surface area contributed by atoms with Crippen LogP contribution < -0.4 is 10.6 Å². The number of hydrogen-bond acceptors (Lipinski definition) is 5. The van der Waals surface area contributed by atoms with Crippen molar-refractivity contribution in [1.29, 1.82) is 0 Å². The molecule has 5 aromatic rings. The van der Waals surface area contributed by atoms with E-state index in [0.717, 1.165) is 50.1 Å². The molecular weight excluding hydrogens is 540 g/mol. The molecule has 41 heavy (non-hydrogen) atoms. The zero-order chi connectivity index (χ0) is 29.1. The van der Waals surface area contributed by atoms with Gasteiger partial charge in [0.05, 0.1) is 18.2 Å². The summed E-state index contributed by atoms with van der Waals surface area (Å²) in [5.41, 5.74) is 5.10. The van der Waals surface area contributed by atoms with Crippen LogP contribution in [0.25, 0.3) is 28.0 Å². The summed E-state index contributed by atoms with van der Waals surface area (Å²) in [6, 6.07) is 16.9. The van der Waals surface area contributed by atoms with Gasteiger partial charge in [-0.25, -0.2) is 18.7 Å². The van der Waals surface area contributed by atoms with Crippen LogP contribution in [0.2, 0.25) is 0 Å². The molecule has 1 amide bonds. The molecule has 5 rings (SSSR count). The van der Waals surface area contributed by atoms with Gasteiger partial charge in [0, 0.05) is 39.6 Å². The lowest BCUT2D eigenvalue weighted by molar-refractivity contribution is 0.0940. The average molecular weight is 570 g/mol. The summed E-state index contributed by atoms with van der Waals surface area (Å²) in [5.74, 6) is -0.968. The highest BCUT2D eigenvalue weighted by Gasteiger charge is 2.17. The second-order valence-electron chi connectivity index (χ2n) is 9.69. The third kappa shape index (κ3) is 5.95. The van der Waals surface area contributed by atoms with Crippen LogP contribution in [-0.2, 0) is 6.54 Å². The molecule has 2 N–H and O–H groups in total. The molecule has 1 atom stereocenters. The van der Waals surface area contributed by atoms with Crippen LogP contribution in [-0.4, -0.2) is 20.4 Å². The molecule has 0 saturated heterocycles. The van der Waals surface area contributed by atoms with Crippen molar-refractivity contribution in [2.45, 2.75) is 33.4 Å². The largest absolute Gasteiger partial charge is 0.365 e. The number of hydrogen-bond donors (Lipinski definition) is 2. The molecule has 0 aliphatic rings. The van der Waals surface area contributed by atoms with Crippen molar-refractivity contribution in [3.63, 3.8) is 0 Å². The Balaban J connectivity index is 1.30. The SMILES string of the molecule is C=Cn1c(C)cnc1-c1cc(-c2ccc(CNc3ncccc3C(=O)N[C@@H](C)c3ccc(F)c(F)c3)s2)ccc1C. The van der Waals surface area contributed by atoms with Gasteiger partial charge in [0.15, 0.2) is 11.6 Å². The van der Waals surface area contributed by atoms with Crippen molar-refractivity contribution < 1.29 is 13.6 Å². The molecule has 208 valence electrons. The number of pyridine rings is 1. The van der Waals surface area contributed by atoms with Crippen LogP contribution >= 0.6 is 11.3 Å². The highest BCUT2D eigenvalue weighted by Crippen LogP contribution is 2.33. The quantitative estimate of drug-likeness (QED) is 0.190. The Labute approximate surface area is 241 Å². The number of anilines is 1. The zero-order valence-corrected chi connectivity index (χ0v) is 23.7. The standard InChI is InChI=1S/C32H29F2N5OS/c1-5-39-20(3)17-37-31(39)26-15-23(9-8-19(26)2)29-13-11-24(41-29)18-36-30-25(7-6-14-35-30)32(40)38-21(4)22-10-12-27(33)28(34)16-22/h5-17,21H,1,18H2,2-4H3,(H,35,36)(H,38,40)/t21-/m0/s1. The van der Waals surface area contributed by atoms with E-state index < -0.39 is 17.7 Å². The summed E-state index contributed by atoms with van der Waals surface area (Å²) in [7, 11) is 0. The number of nitrogens with one attached hydrogen (secondary N) is 2. The number of halogens is 2. The molecule has 3 heterocycles. The van der Waals surface area contributed by atoms with Crippen molar-refractivity contribution in [3.05, 3.63) is 119 Å². The Bertz CT molecular complexity index is 1740. The molecule has 3 aromatic heterocycles.